The first kappa shape index (κ1) is 17.4. The first-order valence-electron chi connectivity index (χ1n) is 9.24. The molecule has 0 atom stereocenters. The van der Waals surface area contributed by atoms with E-state index in [1.165, 1.54) is 4.57 Å². The number of anilines is 2. The fraction of sp³-hybridized carbons (Fsp3) is 0.286. The van der Waals surface area contributed by atoms with Crippen molar-refractivity contribution >= 4 is 28.7 Å². The van der Waals surface area contributed by atoms with E-state index in [0.717, 1.165) is 61.3 Å². The van der Waals surface area contributed by atoms with Crippen LogP contribution in [0.3, 0.4) is 0 Å². The van der Waals surface area contributed by atoms with Gasteiger partial charge in [-0.05, 0) is 43.0 Å². The molecule has 1 aromatic heterocycles. The third kappa shape index (κ3) is 3.48. The lowest BCUT2D eigenvalue weighted by molar-refractivity contribution is 0.0688. The highest BCUT2D eigenvalue weighted by Gasteiger charge is 2.22. The Hall–Kier alpha value is -2.99. The molecule has 0 saturated carbocycles. The second-order valence-corrected chi connectivity index (χ2v) is 6.78. The molecular weight excluding hydrogens is 338 g/mol. The number of ether oxygens (including phenoxy) is 1. The molecule has 0 radical (unpaired) electrons. The van der Waals surface area contributed by atoms with Gasteiger partial charge in [0, 0.05) is 30.8 Å². The molecule has 6 heteroatoms. The fourth-order valence-corrected chi connectivity index (χ4v) is 3.65. The van der Waals surface area contributed by atoms with Crippen LogP contribution in [0.1, 0.15) is 12.8 Å². The number of benzene rings is 2. The Kier molecular flexibility index (Phi) is 4.98. The van der Waals surface area contributed by atoms with Crippen LogP contribution in [0, 0.1) is 16.7 Å². The molecule has 2 heterocycles. The lowest BCUT2D eigenvalue weighted by Gasteiger charge is -2.31. The van der Waals surface area contributed by atoms with Crippen molar-refractivity contribution in [3.63, 3.8) is 0 Å². The minimum Gasteiger partial charge on any atom is -0.381 e. The van der Waals surface area contributed by atoms with Crippen LogP contribution in [0.2, 0.25) is 0 Å². The molecule has 138 valence electrons. The molecule has 2 N–H and O–H groups in total. The molecule has 0 amide bonds. The van der Waals surface area contributed by atoms with E-state index in [-0.39, 0.29) is 5.62 Å². The van der Waals surface area contributed by atoms with E-state index in [2.05, 4.69) is 22.0 Å². The maximum atomic E-state index is 8.32. The van der Waals surface area contributed by atoms with Gasteiger partial charge in [-0.1, -0.05) is 30.3 Å². The van der Waals surface area contributed by atoms with Crippen LogP contribution >= 0.6 is 0 Å². The van der Waals surface area contributed by atoms with E-state index in [9.17, 15) is 0 Å². The smallest absolute Gasteiger partial charge is 0.229 e. The highest BCUT2D eigenvalue weighted by Crippen LogP contribution is 2.31. The SMILES string of the molecule is N=Cn1c(=N)nc(N(CC2CCOCC2)c2ccccc2)c2ccccc21. The van der Waals surface area contributed by atoms with Gasteiger partial charge in [-0.15, -0.1) is 0 Å². The lowest BCUT2D eigenvalue weighted by Crippen LogP contribution is -2.32. The summed E-state index contributed by atoms with van der Waals surface area (Å²) in [5.74, 6) is 1.29. The summed E-state index contributed by atoms with van der Waals surface area (Å²) in [4.78, 5) is 6.80. The second-order valence-electron chi connectivity index (χ2n) is 6.78. The minimum atomic E-state index is 0.0617. The zero-order valence-electron chi connectivity index (χ0n) is 15.1. The van der Waals surface area contributed by atoms with Crippen LogP contribution in [0.5, 0.6) is 0 Å². The molecule has 1 saturated heterocycles. The van der Waals surface area contributed by atoms with Gasteiger partial charge in [0.2, 0.25) is 5.62 Å². The van der Waals surface area contributed by atoms with Gasteiger partial charge >= 0.3 is 0 Å². The first-order valence-corrected chi connectivity index (χ1v) is 9.24. The molecule has 1 aliphatic heterocycles. The van der Waals surface area contributed by atoms with Gasteiger partial charge in [0.1, 0.15) is 5.82 Å². The Labute approximate surface area is 158 Å². The zero-order chi connectivity index (χ0) is 18.6. The van der Waals surface area contributed by atoms with Gasteiger partial charge < -0.3 is 9.64 Å². The molecule has 3 aromatic rings. The van der Waals surface area contributed by atoms with Crippen molar-refractivity contribution in [2.75, 3.05) is 24.7 Å². The normalized spacial score (nSPS) is 15.0. The van der Waals surface area contributed by atoms with Crippen LogP contribution in [-0.4, -0.2) is 35.6 Å². The Morgan fingerprint density at radius 1 is 1.07 bits per heavy atom. The maximum absolute atomic E-state index is 8.32. The molecule has 6 nitrogen and oxygen atoms in total. The standard InChI is InChI=1S/C21H23N5O/c22-15-26-19-9-5-4-8-18(19)20(24-21(26)23)25(17-6-2-1-3-7-17)14-16-10-12-27-13-11-16/h1-9,15-16,22-23H,10-14H2. The van der Waals surface area contributed by atoms with Crippen molar-refractivity contribution in [2.24, 2.45) is 5.92 Å². The largest absolute Gasteiger partial charge is 0.381 e. The quantitative estimate of drug-likeness (QED) is 0.539. The van der Waals surface area contributed by atoms with Crippen LogP contribution in [0.4, 0.5) is 11.5 Å². The van der Waals surface area contributed by atoms with E-state index in [0.29, 0.717) is 5.92 Å². The van der Waals surface area contributed by atoms with Gasteiger partial charge in [0.25, 0.3) is 0 Å². The lowest BCUT2D eigenvalue weighted by atomic mass is 9.99. The monoisotopic (exact) mass is 361 g/mol. The molecule has 1 aliphatic rings. The number of nitrogens with zero attached hydrogens (tertiary/aromatic N) is 3. The number of nitrogens with one attached hydrogen (secondary N) is 2. The summed E-state index contributed by atoms with van der Waals surface area (Å²) >= 11 is 0. The van der Waals surface area contributed by atoms with Crippen molar-refractivity contribution in [1.29, 1.82) is 10.8 Å². The highest BCUT2D eigenvalue weighted by atomic mass is 16.5. The van der Waals surface area contributed by atoms with Gasteiger partial charge in [-0.3, -0.25) is 15.4 Å². The van der Waals surface area contributed by atoms with Crippen molar-refractivity contribution in [2.45, 2.75) is 12.8 Å². The summed E-state index contributed by atoms with van der Waals surface area (Å²) in [5, 5.41) is 16.9. The van der Waals surface area contributed by atoms with Crippen LogP contribution in [0.25, 0.3) is 10.9 Å². The maximum Gasteiger partial charge on any atom is 0.229 e. The molecular formula is C21H23N5O. The van der Waals surface area contributed by atoms with Crippen molar-refractivity contribution in [3.8, 4) is 0 Å². The van der Waals surface area contributed by atoms with Crippen LogP contribution in [0.15, 0.2) is 54.6 Å². The number of hydrogen-bond acceptors (Lipinski definition) is 5. The van der Waals surface area contributed by atoms with E-state index in [4.69, 9.17) is 15.6 Å². The third-order valence-corrected chi connectivity index (χ3v) is 5.08. The molecule has 1 fully saturated rings. The van der Waals surface area contributed by atoms with Crippen molar-refractivity contribution < 1.29 is 4.74 Å². The molecule has 0 bridgehead atoms. The number of rotatable bonds is 5. The predicted molar refractivity (Wildman–Crippen MR) is 107 cm³/mol. The van der Waals surface area contributed by atoms with Gasteiger partial charge in [-0.2, -0.15) is 4.98 Å². The van der Waals surface area contributed by atoms with E-state index in [1.807, 2.05) is 42.5 Å². The van der Waals surface area contributed by atoms with E-state index >= 15 is 0 Å². The Balaban J connectivity index is 1.87. The summed E-state index contributed by atoms with van der Waals surface area (Å²) in [7, 11) is 0. The van der Waals surface area contributed by atoms with Crippen LogP contribution in [-0.2, 0) is 4.74 Å². The van der Waals surface area contributed by atoms with Gasteiger partial charge in [-0.25, -0.2) is 0 Å². The van der Waals surface area contributed by atoms with Crippen molar-refractivity contribution in [3.05, 3.63) is 60.2 Å². The number of aromatic nitrogens is 2. The average molecular weight is 361 g/mol. The summed E-state index contributed by atoms with van der Waals surface area (Å²) in [6, 6.07) is 18.1. The Morgan fingerprint density at radius 2 is 1.78 bits per heavy atom. The first-order chi connectivity index (χ1) is 13.3. The minimum absolute atomic E-state index is 0.0617. The third-order valence-electron chi connectivity index (χ3n) is 5.08. The molecule has 0 unspecified atom stereocenters. The molecule has 0 aliphatic carbocycles. The highest BCUT2D eigenvalue weighted by molar-refractivity contribution is 5.94. The molecule has 2 aromatic carbocycles. The predicted octanol–water partition coefficient (Wildman–Crippen LogP) is 3.54. The zero-order valence-corrected chi connectivity index (χ0v) is 15.1. The number of hydrogen-bond donors (Lipinski definition) is 2. The second kappa shape index (κ2) is 7.72. The summed E-state index contributed by atoms with van der Waals surface area (Å²) < 4.78 is 7.02. The number of para-hydroxylation sites is 2. The Morgan fingerprint density at radius 3 is 2.52 bits per heavy atom. The number of fused-ring (bicyclic) bond motifs is 1. The molecule has 0 spiro atoms. The van der Waals surface area contributed by atoms with E-state index < -0.39 is 0 Å². The summed E-state index contributed by atoms with van der Waals surface area (Å²) in [6.07, 6.45) is 3.21. The average Bonchev–Trinajstić information content (AvgIpc) is 2.73. The van der Waals surface area contributed by atoms with Crippen LogP contribution < -0.4 is 10.5 Å². The molecule has 27 heavy (non-hydrogen) atoms. The summed E-state index contributed by atoms with van der Waals surface area (Å²) in [5.41, 5.74) is 1.94. The summed E-state index contributed by atoms with van der Waals surface area (Å²) in [6.45, 7) is 2.43. The van der Waals surface area contributed by atoms with Gasteiger partial charge in [0.05, 0.1) is 11.9 Å². The van der Waals surface area contributed by atoms with Crippen molar-refractivity contribution in [1.82, 2.24) is 9.55 Å². The fourth-order valence-electron chi connectivity index (χ4n) is 3.65. The van der Waals surface area contributed by atoms with E-state index in [1.54, 1.807) is 0 Å². The Bertz CT molecular complexity index is 992. The van der Waals surface area contributed by atoms with Gasteiger partial charge in [0.15, 0.2) is 0 Å². The topological polar surface area (TPSA) is 78.0 Å². The molecule has 4 rings (SSSR count).